The Balaban J connectivity index is 2.47. The maximum atomic E-state index is 11.6. The van der Waals surface area contributed by atoms with Crippen molar-refractivity contribution in [2.45, 2.75) is 32.9 Å². The summed E-state index contributed by atoms with van der Waals surface area (Å²) in [4.78, 5) is 23.1. The summed E-state index contributed by atoms with van der Waals surface area (Å²) in [5, 5.41) is 5.19. The van der Waals surface area contributed by atoms with Gasteiger partial charge in [-0.1, -0.05) is 19.1 Å². The zero-order valence-corrected chi connectivity index (χ0v) is 11.5. The Hall–Kier alpha value is -2.04. The largest absolute Gasteiger partial charge is 0.497 e. The molecule has 0 unspecified atom stereocenters. The summed E-state index contributed by atoms with van der Waals surface area (Å²) in [7, 11) is 1.58. The quantitative estimate of drug-likeness (QED) is 0.786. The van der Waals surface area contributed by atoms with Crippen molar-refractivity contribution in [3.63, 3.8) is 0 Å². The number of rotatable bonds is 5. The first-order chi connectivity index (χ1) is 9.06. The minimum Gasteiger partial charge on any atom is -0.497 e. The molecular formula is C14H20N2O3. The Bertz CT molecular complexity index is 446. The van der Waals surface area contributed by atoms with Crippen LogP contribution in [0, 0.1) is 0 Å². The number of hydrogen-bond acceptors (Lipinski definition) is 3. The zero-order chi connectivity index (χ0) is 14.3. The predicted molar refractivity (Wildman–Crippen MR) is 72.7 cm³/mol. The number of carbonyl (C=O) groups is 2. The summed E-state index contributed by atoms with van der Waals surface area (Å²) in [6.07, 6.45) is 0.787. The van der Waals surface area contributed by atoms with E-state index in [0.29, 0.717) is 6.54 Å². The van der Waals surface area contributed by atoms with Crippen LogP contribution in [0.3, 0.4) is 0 Å². The average molecular weight is 264 g/mol. The number of benzene rings is 1. The summed E-state index contributed by atoms with van der Waals surface area (Å²) in [5.74, 6) is -0.504. The van der Waals surface area contributed by atoms with Crippen molar-refractivity contribution in [3.8, 4) is 5.75 Å². The third kappa shape index (κ3) is 4.99. The molecule has 0 heterocycles. The molecule has 0 aromatic heterocycles. The normalized spacial score (nSPS) is 11.5. The van der Waals surface area contributed by atoms with E-state index in [1.807, 2.05) is 38.1 Å². The molecule has 0 saturated carbocycles. The van der Waals surface area contributed by atoms with E-state index < -0.39 is 11.8 Å². The highest BCUT2D eigenvalue weighted by Crippen LogP contribution is 2.11. The van der Waals surface area contributed by atoms with E-state index >= 15 is 0 Å². The molecule has 0 radical (unpaired) electrons. The molecule has 0 spiro atoms. The monoisotopic (exact) mass is 264 g/mol. The van der Waals surface area contributed by atoms with Crippen LogP contribution in [0.5, 0.6) is 5.75 Å². The Morgan fingerprint density at radius 2 is 2.05 bits per heavy atom. The van der Waals surface area contributed by atoms with Crippen molar-refractivity contribution in [3.05, 3.63) is 29.8 Å². The molecule has 0 bridgehead atoms. The highest BCUT2D eigenvalue weighted by Gasteiger charge is 2.14. The van der Waals surface area contributed by atoms with E-state index in [4.69, 9.17) is 4.74 Å². The van der Waals surface area contributed by atoms with Crippen LogP contribution in [0.1, 0.15) is 25.8 Å². The molecule has 1 aromatic carbocycles. The van der Waals surface area contributed by atoms with Gasteiger partial charge < -0.3 is 15.4 Å². The molecule has 0 saturated heterocycles. The van der Waals surface area contributed by atoms with Gasteiger partial charge in [-0.25, -0.2) is 0 Å². The molecule has 1 aromatic rings. The molecule has 1 atom stereocenters. The molecule has 0 fully saturated rings. The minimum atomic E-state index is -0.622. The predicted octanol–water partition coefficient (Wildman–Crippen LogP) is 1.23. The van der Waals surface area contributed by atoms with Crippen LogP contribution >= 0.6 is 0 Å². The van der Waals surface area contributed by atoms with E-state index in [9.17, 15) is 9.59 Å². The van der Waals surface area contributed by atoms with Gasteiger partial charge in [0.15, 0.2) is 0 Å². The number of ether oxygens (including phenoxy) is 1. The van der Waals surface area contributed by atoms with Crippen molar-refractivity contribution in [2.24, 2.45) is 0 Å². The number of nitrogens with one attached hydrogen (secondary N) is 2. The molecule has 104 valence electrons. The number of hydrogen-bond donors (Lipinski definition) is 2. The Morgan fingerprint density at radius 1 is 1.32 bits per heavy atom. The SMILES string of the molecule is CC[C@H](C)NC(=O)C(=O)NCc1cccc(OC)c1. The van der Waals surface area contributed by atoms with E-state index in [1.54, 1.807) is 7.11 Å². The highest BCUT2D eigenvalue weighted by molar-refractivity contribution is 6.35. The second-order valence-corrected chi connectivity index (χ2v) is 4.32. The average Bonchev–Trinajstić information content (AvgIpc) is 2.44. The topological polar surface area (TPSA) is 67.4 Å². The van der Waals surface area contributed by atoms with Crippen LogP contribution in [0.4, 0.5) is 0 Å². The van der Waals surface area contributed by atoms with Gasteiger partial charge in [-0.15, -0.1) is 0 Å². The van der Waals surface area contributed by atoms with Gasteiger partial charge in [0.25, 0.3) is 0 Å². The van der Waals surface area contributed by atoms with Crippen molar-refractivity contribution >= 4 is 11.8 Å². The van der Waals surface area contributed by atoms with Crippen LogP contribution in [-0.4, -0.2) is 25.0 Å². The van der Waals surface area contributed by atoms with Gasteiger partial charge in [0.05, 0.1) is 7.11 Å². The fourth-order valence-corrected chi connectivity index (χ4v) is 1.44. The van der Waals surface area contributed by atoms with Gasteiger partial charge in [-0.05, 0) is 31.0 Å². The number of carbonyl (C=O) groups excluding carboxylic acids is 2. The molecule has 0 aliphatic rings. The van der Waals surface area contributed by atoms with Crippen LogP contribution in [0.2, 0.25) is 0 Å². The second-order valence-electron chi connectivity index (χ2n) is 4.32. The molecule has 1 rings (SSSR count). The number of amides is 2. The fourth-order valence-electron chi connectivity index (χ4n) is 1.44. The van der Waals surface area contributed by atoms with Gasteiger partial charge in [-0.2, -0.15) is 0 Å². The number of methoxy groups -OCH3 is 1. The zero-order valence-electron chi connectivity index (χ0n) is 11.5. The van der Waals surface area contributed by atoms with Crippen molar-refractivity contribution < 1.29 is 14.3 Å². The third-order valence-electron chi connectivity index (χ3n) is 2.78. The van der Waals surface area contributed by atoms with Crippen LogP contribution in [0.25, 0.3) is 0 Å². The Morgan fingerprint density at radius 3 is 2.68 bits per heavy atom. The molecule has 19 heavy (non-hydrogen) atoms. The second kappa shape index (κ2) is 7.41. The first kappa shape index (κ1) is 15.0. The van der Waals surface area contributed by atoms with E-state index in [0.717, 1.165) is 17.7 Å². The van der Waals surface area contributed by atoms with Crippen molar-refractivity contribution in [1.82, 2.24) is 10.6 Å². The Kier molecular flexibility index (Phi) is 5.85. The lowest BCUT2D eigenvalue weighted by atomic mass is 10.2. The molecule has 5 heteroatoms. The van der Waals surface area contributed by atoms with E-state index in [2.05, 4.69) is 10.6 Å². The van der Waals surface area contributed by atoms with Crippen LogP contribution < -0.4 is 15.4 Å². The maximum absolute atomic E-state index is 11.6. The van der Waals surface area contributed by atoms with Crippen molar-refractivity contribution in [1.29, 1.82) is 0 Å². The lowest BCUT2D eigenvalue weighted by molar-refractivity contribution is -0.139. The van der Waals surface area contributed by atoms with Gasteiger partial charge in [0.1, 0.15) is 5.75 Å². The summed E-state index contributed by atoms with van der Waals surface area (Å²) < 4.78 is 5.08. The minimum absolute atomic E-state index is 0.00457. The summed E-state index contributed by atoms with van der Waals surface area (Å²) in [6, 6.07) is 7.32. The third-order valence-corrected chi connectivity index (χ3v) is 2.78. The molecule has 2 N–H and O–H groups in total. The van der Waals surface area contributed by atoms with Gasteiger partial charge in [0, 0.05) is 12.6 Å². The van der Waals surface area contributed by atoms with Gasteiger partial charge in [0.2, 0.25) is 0 Å². The maximum Gasteiger partial charge on any atom is 0.309 e. The lowest BCUT2D eigenvalue weighted by Gasteiger charge is -2.11. The smallest absolute Gasteiger partial charge is 0.309 e. The molecule has 0 aliphatic heterocycles. The summed E-state index contributed by atoms with van der Waals surface area (Å²) in [6.45, 7) is 4.09. The Labute approximate surface area is 113 Å². The molecule has 0 aliphatic carbocycles. The lowest BCUT2D eigenvalue weighted by Crippen LogP contribution is -2.43. The standard InChI is InChI=1S/C14H20N2O3/c1-4-10(2)16-14(18)13(17)15-9-11-6-5-7-12(8-11)19-3/h5-8,10H,4,9H2,1-3H3,(H,15,17)(H,16,18)/t10-/m0/s1. The molecule has 5 nitrogen and oxygen atoms in total. The first-order valence-electron chi connectivity index (χ1n) is 6.28. The molecule has 2 amide bonds. The van der Waals surface area contributed by atoms with E-state index in [1.165, 1.54) is 0 Å². The van der Waals surface area contributed by atoms with Crippen molar-refractivity contribution in [2.75, 3.05) is 7.11 Å². The van der Waals surface area contributed by atoms with Crippen LogP contribution in [0.15, 0.2) is 24.3 Å². The van der Waals surface area contributed by atoms with E-state index in [-0.39, 0.29) is 6.04 Å². The molecular weight excluding hydrogens is 244 g/mol. The fraction of sp³-hybridized carbons (Fsp3) is 0.429. The van der Waals surface area contributed by atoms with Crippen LogP contribution in [-0.2, 0) is 16.1 Å². The summed E-state index contributed by atoms with van der Waals surface area (Å²) in [5.41, 5.74) is 0.879. The highest BCUT2D eigenvalue weighted by atomic mass is 16.5. The van der Waals surface area contributed by atoms with Gasteiger partial charge in [-0.3, -0.25) is 9.59 Å². The van der Waals surface area contributed by atoms with Gasteiger partial charge >= 0.3 is 11.8 Å². The first-order valence-corrected chi connectivity index (χ1v) is 6.28. The summed E-state index contributed by atoms with van der Waals surface area (Å²) >= 11 is 0.